The van der Waals surface area contributed by atoms with Crippen LogP contribution in [0.5, 0.6) is 0 Å². The SMILES string of the molecule is COC(=O)c1cccc2c(=O)n3c(cc12)C(O)CC3. The molecule has 1 unspecified atom stereocenters. The molecule has 3 rings (SSSR count). The summed E-state index contributed by atoms with van der Waals surface area (Å²) < 4.78 is 6.28. The molecule has 0 amide bonds. The molecule has 5 nitrogen and oxygen atoms in total. The van der Waals surface area contributed by atoms with Gasteiger partial charge in [0.15, 0.2) is 0 Å². The predicted octanol–water partition coefficient (Wildman–Crippen LogP) is 1.23. The van der Waals surface area contributed by atoms with E-state index in [1.54, 1.807) is 28.8 Å². The van der Waals surface area contributed by atoms with Crippen LogP contribution in [0.15, 0.2) is 29.1 Å². The van der Waals surface area contributed by atoms with Crippen molar-refractivity contribution in [2.24, 2.45) is 0 Å². The van der Waals surface area contributed by atoms with Gasteiger partial charge >= 0.3 is 5.97 Å². The number of hydrogen-bond acceptors (Lipinski definition) is 4. The monoisotopic (exact) mass is 259 g/mol. The molecule has 1 aromatic carbocycles. The topological polar surface area (TPSA) is 68.5 Å². The first-order chi connectivity index (χ1) is 9.13. The number of nitrogens with zero attached hydrogens (tertiary/aromatic N) is 1. The molecule has 98 valence electrons. The molecule has 0 saturated heterocycles. The first kappa shape index (κ1) is 11.9. The Morgan fingerprint density at radius 2 is 2.21 bits per heavy atom. The second-order valence-corrected chi connectivity index (χ2v) is 4.59. The van der Waals surface area contributed by atoms with Crippen LogP contribution in [-0.4, -0.2) is 22.8 Å². The van der Waals surface area contributed by atoms with Crippen molar-refractivity contribution in [3.05, 3.63) is 45.9 Å². The van der Waals surface area contributed by atoms with Crippen molar-refractivity contribution in [1.29, 1.82) is 0 Å². The molecular weight excluding hydrogens is 246 g/mol. The van der Waals surface area contributed by atoms with Crippen molar-refractivity contribution < 1.29 is 14.6 Å². The number of benzene rings is 1. The predicted molar refractivity (Wildman–Crippen MR) is 69.1 cm³/mol. The summed E-state index contributed by atoms with van der Waals surface area (Å²) >= 11 is 0. The number of esters is 1. The third kappa shape index (κ3) is 1.66. The van der Waals surface area contributed by atoms with Gasteiger partial charge in [-0.2, -0.15) is 0 Å². The number of carbonyl (C=O) groups is 1. The molecule has 1 aliphatic heterocycles. The molecule has 19 heavy (non-hydrogen) atoms. The lowest BCUT2D eigenvalue weighted by Gasteiger charge is -2.10. The van der Waals surface area contributed by atoms with E-state index in [9.17, 15) is 14.7 Å². The Morgan fingerprint density at radius 1 is 1.42 bits per heavy atom. The Labute approximate surface area is 109 Å². The van der Waals surface area contributed by atoms with Crippen molar-refractivity contribution in [1.82, 2.24) is 4.57 Å². The van der Waals surface area contributed by atoms with E-state index < -0.39 is 12.1 Å². The first-order valence-electron chi connectivity index (χ1n) is 6.06. The molecule has 0 radical (unpaired) electrons. The summed E-state index contributed by atoms with van der Waals surface area (Å²) in [7, 11) is 1.30. The lowest BCUT2D eigenvalue weighted by Crippen LogP contribution is -2.20. The van der Waals surface area contributed by atoms with E-state index in [1.165, 1.54) is 7.11 Å². The van der Waals surface area contributed by atoms with Crippen molar-refractivity contribution in [3.8, 4) is 0 Å². The van der Waals surface area contributed by atoms with Gasteiger partial charge in [0.25, 0.3) is 5.56 Å². The fourth-order valence-corrected chi connectivity index (χ4v) is 2.59. The van der Waals surface area contributed by atoms with Gasteiger partial charge in [0, 0.05) is 17.3 Å². The number of rotatable bonds is 1. The zero-order valence-electron chi connectivity index (χ0n) is 10.4. The zero-order chi connectivity index (χ0) is 13.6. The van der Waals surface area contributed by atoms with E-state index in [0.29, 0.717) is 35.0 Å². The lowest BCUT2D eigenvalue weighted by molar-refractivity contribution is 0.0603. The fraction of sp³-hybridized carbons (Fsp3) is 0.286. The minimum Gasteiger partial charge on any atom is -0.465 e. The molecule has 0 bridgehead atoms. The zero-order valence-corrected chi connectivity index (χ0v) is 10.4. The molecule has 5 heteroatoms. The minimum absolute atomic E-state index is 0.171. The van der Waals surface area contributed by atoms with Crippen LogP contribution in [0.2, 0.25) is 0 Å². The third-order valence-electron chi connectivity index (χ3n) is 3.56. The second-order valence-electron chi connectivity index (χ2n) is 4.59. The molecule has 2 heterocycles. The molecule has 2 aromatic rings. The van der Waals surface area contributed by atoms with E-state index in [0.717, 1.165) is 0 Å². The molecular formula is C14H13NO4. The van der Waals surface area contributed by atoms with Crippen LogP contribution in [0.4, 0.5) is 0 Å². The smallest absolute Gasteiger partial charge is 0.338 e. The van der Waals surface area contributed by atoms with Gasteiger partial charge in [0.2, 0.25) is 0 Å². The summed E-state index contributed by atoms with van der Waals surface area (Å²) in [6.07, 6.45) is -0.123. The Hall–Kier alpha value is -2.14. The Bertz CT molecular complexity index is 732. The highest BCUT2D eigenvalue weighted by Gasteiger charge is 2.24. The molecule has 0 saturated carbocycles. The van der Waals surface area contributed by atoms with Crippen molar-refractivity contribution >= 4 is 16.7 Å². The van der Waals surface area contributed by atoms with E-state index in [4.69, 9.17) is 4.74 Å². The fourth-order valence-electron chi connectivity index (χ4n) is 2.59. The number of aliphatic hydroxyl groups is 1. The maximum absolute atomic E-state index is 12.3. The van der Waals surface area contributed by atoms with Crippen LogP contribution in [0.1, 0.15) is 28.6 Å². The number of methoxy groups -OCH3 is 1. The summed E-state index contributed by atoms with van der Waals surface area (Å²) in [4.78, 5) is 24.1. The van der Waals surface area contributed by atoms with E-state index in [-0.39, 0.29) is 5.56 Å². The van der Waals surface area contributed by atoms with Gasteiger partial charge in [0.05, 0.1) is 24.5 Å². The van der Waals surface area contributed by atoms with Crippen molar-refractivity contribution in [2.45, 2.75) is 19.1 Å². The van der Waals surface area contributed by atoms with Crippen LogP contribution in [0.3, 0.4) is 0 Å². The lowest BCUT2D eigenvalue weighted by atomic mass is 10.0. The largest absolute Gasteiger partial charge is 0.465 e. The number of hydrogen-bond donors (Lipinski definition) is 1. The number of ether oxygens (including phenoxy) is 1. The normalized spacial score (nSPS) is 17.5. The molecule has 0 aliphatic carbocycles. The van der Waals surface area contributed by atoms with Crippen LogP contribution in [0.25, 0.3) is 10.8 Å². The number of pyridine rings is 1. The number of aliphatic hydroxyl groups excluding tert-OH is 1. The first-order valence-corrected chi connectivity index (χ1v) is 6.06. The van der Waals surface area contributed by atoms with Gasteiger partial charge in [-0.15, -0.1) is 0 Å². The van der Waals surface area contributed by atoms with Gasteiger partial charge in [0.1, 0.15) is 0 Å². The Morgan fingerprint density at radius 3 is 2.95 bits per heavy atom. The van der Waals surface area contributed by atoms with Crippen LogP contribution in [0, 0.1) is 0 Å². The number of carbonyl (C=O) groups excluding carboxylic acids is 1. The van der Waals surface area contributed by atoms with E-state index in [2.05, 4.69) is 0 Å². The van der Waals surface area contributed by atoms with Gasteiger partial charge in [-0.1, -0.05) is 6.07 Å². The van der Waals surface area contributed by atoms with Crippen molar-refractivity contribution in [2.75, 3.05) is 7.11 Å². The quantitative estimate of drug-likeness (QED) is 0.782. The molecule has 1 atom stereocenters. The Kier molecular flexibility index (Phi) is 2.64. The number of aromatic nitrogens is 1. The summed E-state index contributed by atoms with van der Waals surface area (Å²) in [6, 6.07) is 6.67. The number of fused-ring (bicyclic) bond motifs is 2. The summed E-state index contributed by atoms with van der Waals surface area (Å²) in [6.45, 7) is 0.508. The van der Waals surface area contributed by atoms with Gasteiger partial charge in [-0.3, -0.25) is 4.79 Å². The maximum Gasteiger partial charge on any atom is 0.338 e. The summed E-state index contributed by atoms with van der Waals surface area (Å²) in [5.41, 5.74) is 0.739. The second kappa shape index (κ2) is 4.20. The molecule has 0 spiro atoms. The molecule has 1 aromatic heterocycles. The summed E-state index contributed by atoms with van der Waals surface area (Å²) in [5.74, 6) is -0.484. The third-order valence-corrected chi connectivity index (χ3v) is 3.56. The van der Waals surface area contributed by atoms with Crippen LogP contribution < -0.4 is 5.56 Å². The van der Waals surface area contributed by atoms with Crippen LogP contribution in [-0.2, 0) is 11.3 Å². The van der Waals surface area contributed by atoms with Crippen molar-refractivity contribution in [3.63, 3.8) is 0 Å². The van der Waals surface area contributed by atoms with Gasteiger partial charge < -0.3 is 14.4 Å². The minimum atomic E-state index is -0.650. The molecule has 1 aliphatic rings. The average Bonchev–Trinajstić information content (AvgIpc) is 2.80. The standard InChI is InChI=1S/C14H13NO4/c1-19-14(18)9-4-2-3-8-10(9)7-11-12(16)5-6-15(11)13(8)17/h2-4,7,12,16H,5-6H2,1H3. The average molecular weight is 259 g/mol. The van der Waals surface area contributed by atoms with E-state index >= 15 is 0 Å². The molecule has 0 fully saturated rings. The van der Waals surface area contributed by atoms with E-state index in [1.807, 2.05) is 0 Å². The maximum atomic E-state index is 12.3. The molecule has 1 N–H and O–H groups in total. The van der Waals surface area contributed by atoms with Crippen LogP contribution >= 0.6 is 0 Å². The van der Waals surface area contributed by atoms with Gasteiger partial charge in [-0.05, 0) is 24.6 Å². The highest BCUT2D eigenvalue weighted by molar-refractivity contribution is 6.04. The van der Waals surface area contributed by atoms with Gasteiger partial charge in [-0.25, -0.2) is 4.79 Å². The highest BCUT2D eigenvalue weighted by Crippen LogP contribution is 2.27. The Balaban J connectivity index is 2.39. The summed E-state index contributed by atoms with van der Waals surface area (Å²) in [5, 5.41) is 10.9. The highest BCUT2D eigenvalue weighted by atomic mass is 16.5.